The zero-order valence-electron chi connectivity index (χ0n) is 5.77. The summed E-state index contributed by atoms with van der Waals surface area (Å²) in [6, 6.07) is 0. The maximum atomic E-state index is 2.29. The van der Waals surface area contributed by atoms with Gasteiger partial charge in [-0.1, -0.05) is 0 Å². The van der Waals surface area contributed by atoms with Crippen molar-refractivity contribution in [2.24, 2.45) is 0 Å². The van der Waals surface area contributed by atoms with E-state index in [0.29, 0.717) is 0 Å². The molecule has 0 saturated heterocycles. The Balaban J connectivity index is 2.75. The van der Waals surface area contributed by atoms with Crippen molar-refractivity contribution in [2.45, 2.75) is 31.5 Å². The topological polar surface area (TPSA) is 0 Å². The van der Waals surface area contributed by atoms with Crippen LogP contribution >= 0.6 is 22.6 Å². The minimum atomic E-state index is 0.788. The molecule has 0 heterocycles. The zero-order chi connectivity index (χ0) is 6.95. The second-order valence-corrected chi connectivity index (χ2v) is 4.69. The monoisotopic (exact) mass is 304 g/mol. The van der Waals surface area contributed by atoms with Crippen LogP contribution in [0, 0.1) is 0 Å². The van der Waals surface area contributed by atoms with Crippen LogP contribution in [0.4, 0.5) is 0 Å². The second kappa shape index (κ2) is 8.99. The van der Waals surface area contributed by atoms with Crippen LogP contribution < -0.4 is 0 Å². The van der Waals surface area contributed by atoms with Crippen molar-refractivity contribution in [3.8, 4) is 0 Å². The molecule has 0 aliphatic carbocycles. The van der Waals surface area contributed by atoms with Gasteiger partial charge >= 0.3 is 78.1 Å². The Labute approximate surface area is 77.8 Å². The van der Waals surface area contributed by atoms with Crippen molar-refractivity contribution in [1.29, 1.82) is 0 Å². The summed E-state index contributed by atoms with van der Waals surface area (Å²) in [5.41, 5.74) is 0. The van der Waals surface area contributed by atoms with E-state index in [9.17, 15) is 0 Å². The Morgan fingerprint density at radius 1 is 1.44 bits per heavy atom. The minimum absolute atomic E-state index is 0.788. The molecule has 0 saturated carbocycles. The third-order valence-electron chi connectivity index (χ3n) is 1.01. The van der Waals surface area contributed by atoms with Gasteiger partial charge in [0, 0.05) is 0 Å². The fourth-order valence-corrected chi connectivity index (χ4v) is 2.83. The molecule has 0 fully saturated rings. The fourth-order valence-electron chi connectivity index (χ4n) is 0.540. The van der Waals surface area contributed by atoms with Crippen LogP contribution in [0.15, 0.2) is 9.06 Å². The summed E-state index contributed by atoms with van der Waals surface area (Å²) in [6.07, 6.45) is 4.19. The number of hydrogen-bond acceptors (Lipinski definition) is 0. The van der Waals surface area contributed by atoms with E-state index in [0.717, 1.165) is 15.0 Å². The average molecular weight is 303 g/mol. The van der Waals surface area contributed by atoms with Crippen LogP contribution in [0.1, 0.15) is 26.2 Å². The molecule has 0 N–H and O–H groups in total. The van der Waals surface area contributed by atoms with Crippen molar-refractivity contribution in [1.82, 2.24) is 0 Å². The third kappa shape index (κ3) is 8.99. The summed E-state index contributed by atoms with van der Waals surface area (Å²) in [7, 11) is 0. The van der Waals surface area contributed by atoms with Crippen LogP contribution in [0.5, 0.6) is 0 Å². The van der Waals surface area contributed by atoms with Crippen LogP contribution in [0.25, 0.3) is 0 Å². The summed E-state index contributed by atoms with van der Waals surface area (Å²) in [4.78, 5) is 2.29. The molecule has 0 aliphatic rings. The summed E-state index contributed by atoms with van der Waals surface area (Å²) in [5.74, 6) is 0. The van der Waals surface area contributed by atoms with Gasteiger partial charge in [-0.3, -0.25) is 0 Å². The average Bonchev–Trinajstić information content (AvgIpc) is 1.89. The van der Waals surface area contributed by atoms with E-state index >= 15 is 0 Å². The van der Waals surface area contributed by atoms with Crippen molar-refractivity contribution >= 4 is 37.5 Å². The number of halogens is 1. The molecule has 0 spiro atoms. The molecule has 0 aromatic carbocycles. The third-order valence-corrected chi connectivity index (χ3v) is 4.26. The molecule has 0 aliphatic heterocycles. The molecule has 0 bridgehead atoms. The number of hydrogen-bond donors (Lipinski definition) is 0. The Kier molecular flexibility index (Phi) is 9.98. The molecule has 54 valence electrons. The maximum absolute atomic E-state index is 2.29. The first-order valence-electron chi connectivity index (χ1n) is 3.28. The van der Waals surface area contributed by atoms with Gasteiger partial charge in [0.15, 0.2) is 0 Å². The van der Waals surface area contributed by atoms with E-state index in [1.165, 1.54) is 24.6 Å². The Morgan fingerprint density at radius 2 is 2.22 bits per heavy atom. The molecule has 0 rings (SSSR count). The second-order valence-electron chi connectivity index (χ2n) is 1.84. The van der Waals surface area contributed by atoms with Crippen molar-refractivity contribution in [2.75, 3.05) is 0 Å². The van der Waals surface area contributed by atoms with Crippen molar-refractivity contribution in [3.63, 3.8) is 0 Å². The predicted molar refractivity (Wildman–Crippen MR) is 53.2 cm³/mol. The summed E-state index contributed by atoms with van der Waals surface area (Å²) < 4.78 is 2.13. The SMILES string of the molecule is CCCCC[Se]/C=C/I. The Hall–Kier alpha value is 0.989. The molecule has 0 nitrogen and oxygen atoms in total. The normalized spacial score (nSPS) is 10.9. The number of rotatable bonds is 5. The summed E-state index contributed by atoms with van der Waals surface area (Å²) >= 11 is 3.07. The van der Waals surface area contributed by atoms with E-state index in [1.807, 2.05) is 0 Å². The molecule has 0 amide bonds. The molecule has 2 heteroatoms. The van der Waals surface area contributed by atoms with Gasteiger partial charge < -0.3 is 0 Å². The molecule has 0 radical (unpaired) electrons. The van der Waals surface area contributed by atoms with Crippen molar-refractivity contribution < 1.29 is 0 Å². The van der Waals surface area contributed by atoms with Gasteiger partial charge in [-0.25, -0.2) is 0 Å². The van der Waals surface area contributed by atoms with E-state index in [-0.39, 0.29) is 0 Å². The fraction of sp³-hybridized carbons (Fsp3) is 0.714. The molecule has 9 heavy (non-hydrogen) atoms. The van der Waals surface area contributed by atoms with E-state index in [4.69, 9.17) is 0 Å². The van der Waals surface area contributed by atoms with Crippen LogP contribution in [0.3, 0.4) is 0 Å². The molecule has 0 atom stereocenters. The molecular weight excluding hydrogens is 290 g/mol. The molecule has 0 aromatic heterocycles. The van der Waals surface area contributed by atoms with E-state index < -0.39 is 0 Å². The summed E-state index contributed by atoms with van der Waals surface area (Å²) in [5, 5.41) is 1.43. The summed E-state index contributed by atoms with van der Waals surface area (Å²) in [6.45, 7) is 2.25. The van der Waals surface area contributed by atoms with Gasteiger partial charge in [0.05, 0.1) is 0 Å². The van der Waals surface area contributed by atoms with Gasteiger partial charge in [-0.15, -0.1) is 0 Å². The number of unbranched alkanes of at least 4 members (excludes halogenated alkanes) is 2. The van der Waals surface area contributed by atoms with Gasteiger partial charge in [0.2, 0.25) is 0 Å². The Morgan fingerprint density at radius 3 is 2.78 bits per heavy atom. The predicted octanol–water partition coefficient (Wildman–Crippen LogP) is 3.21. The molecule has 0 aromatic rings. The van der Waals surface area contributed by atoms with Crippen LogP contribution in [0.2, 0.25) is 5.32 Å². The van der Waals surface area contributed by atoms with Gasteiger partial charge in [0.25, 0.3) is 0 Å². The first-order valence-corrected chi connectivity index (χ1v) is 6.73. The standard InChI is InChI=1S/C7H13ISe/c1-2-3-4-6-9-7-5-8/h5,7H,2-4,6H2,1H3/b7-5+. The first kappa shape index (κ1) is 9.99. The van der Waals surface area contributed by atoms with Gasteiger partial charge in [0.1, 0.15) is 0 Å². The Bertz CT molecular complexity index is 71.3. The van der Waals surface area contributed by atoms with Crippen LogP contribution in [-0.2, 0) is 0 Å². The van der Waals surface area contributed by atoms with Crippen molar-refractivity contribution in [3.05, 3.63) is 9.06 Å². The van der Waals surface area contributed by atoms with Crippen LogP contribution in [-0.4, -0.2) is 15.0 Å². The molecule has 0 unspecified atom stereocenters. The quantitative estimate of drug-likeness (QED) is 0.416. The van der Waals surface area contributed by atoms with E-state index in [2.05, 4.69) is 38.6 Å². The molecular formula is C7H13ISe. The van der Waals surface area contributed by atoms with Gasteiger partial charge in [-0.2, -0.15) is 0 Å². The van der Waals surface area contributed by atoms with E-state index in [1.54, 1.807) is 0 Å². The first-order chi connectivity index (χ1) is 4.41. The van der Waals surface area contributed by atoms with Gasteiger partial charge in [-0.05, 0) is 0 Å². The zero-order valence-corrected chi connectivity index (χ0v) is 9.64.